The molecule has 1 aromatic rings. The smallest absolute Gasteiger partial charge is 0.175 e. The standard InChI is InChI=1S/C13H20N2O2S/c1-9-3-6-12(18(2,16)17)8-13(9)15-11-5-4-10(14)7-11/h3,6,8,10-11,15H,4-5,7,14H2,1-2H3. The van der Waals surface area contributed by atoms with Crippen molar-refractivity contribution in [3.05, 3.63) is 23.8 Å². The van der Waals surface area contributed by atoms with E-state index in [2.05, 4.69) is 5.32 Å². The van der Waals surface area contributed by atoms with Gasteiger partial charge in [0, 0.05) is 24.0 Å². The van der Waals surface area contributed by atoms with Gasteiger partial charge in [0.1, 0.15) is 0 Å². The first-order valence-electron chi connectivity index (χ1n) is 6.19. The zero-order chi connectivity index (χ0) is 13.3. The number of nitrogens with one attached hydrogen (secondary N) is 1. The van der Waals surface area contributed by atoms with E-state index in [9.17, 15) is 8.42 Å². The molecule has 0 bridgehead atoms. The molecule has 0 heterocycles. The SMILES string of the molecule is Cc1ccc(S(C)(=O)=O)cc1NC1CCC(N)C1. The first kappa shape index (κ1) is 13.4. The third-order valence-electron chi connectivity index (χ3n) is 3.47. The Morgan fingerprint density at radius 3 is 2.61 bits per heavy atom. The monoisotopic (exact) mass is 268 g/mol. The Morgan fingerprint density at radius 2 is 2.06 bits per heavy atom. The molecule has 0 aromatic heterocycles. The summed E-state index contributed by atoms with van der Waals surface area (Å²) in [6.45, 7) is 1.98. The van der Waals surface area contributed by atoms with Gasteiger partial charge < -0.3 is 11.1 Å². The number of rotatable bonds is 3. The average Bonchev–Trinajstić information content (AvgIpc) is 2.66. The largest absolute Gasteiger partial charge is 0.382 e. The fourth-order valence-electron chi connectivity index (χ4n) is 2.35. The van der Waals surface area contributed by atoms with Gasteiger partial charge >= 0.3 is 0 Å². The van der Waals surface area contributed by atoms with Crippen molar-refractivity contribution in [3.63, 3.8) is 0 Å². The molecule has 18 heavy (non-hydrogen) atoms. The normalized spacial score (nSPS) is 24.2. The van der Waals surface area contributed by atoms with Gasteiger partial charge in [0.2, 0.25) is 0 Å². The molecular weight excluding hydrogens is 248 g/mol. The fourth-order valence-corrected chi connectivity index (χ4v) is 3.00. The van der Waals surface area contributed by atoms with Crippen molar-refractivity contribution in [2.24, 2.45) is 5.73 Å². The van der Waals surface area contributed by atoms with Crippen molar-refractivity contribution in [2.75, 3.05) is 11.6 Å². The van der Waals surface area contributed by atoms with Gasteiger partial charge in [0.15, 0.2) is 9.84 Å². The van der Waals surface area contributed by atoms with Crippen LogP contribution in [0.25, 0.3) is 0 Å². The molecular formula is C13H20N2O2S. The highest BCUT2D eigenvalue weighted by atomic mass is 32.2. The average molecular weight is 268 g/mol. The van der Waals surface area contributed by atoms with Crippen LogP contribution in [0.5, 0.6) is 0 Å². The predicted molar refractivity (Wildman–Crippen MR) is 73.5 cm³/mol. The summed E-state index contributed by atoms with van der Waals surface area (Å²) < 4.78 is 23.1. The summed E-state index contributed by atoms with van der Waals surface area (Å²) in [5, 5.41) is 3.41. The third kappa shape index (κ3) is 3.03. The van der Waals surface area contributed by atoms with Crippen LogP contribution in [0.4, 0.5) is 5.69 Å². The minimum atomic E-state index is -3.15. The first-order valence-corrected chi connectivity index (χ1v) is 8.08. The van der Waals surface area contributed by atoms with E-state index in [1.54, 1.807) is 12.1 Å². The molecule has 0 amide bonds. The summed E-state index contributed by atoms with van der Waals surface area (Å²) in [6.07, 6.45) is 4.25. The minimum Gasteiger partial charge on any atom is -0.382 e. The van der Waals surface area contributed by atoms with Crippen LogP contribution in [-0.2, 0) is 9.84 Å². The van der Waals surface area contributed by atoms with Gasteiger partial charge in [0.05, 0.1) is 4.90 Å². The van der Waals surface area contributed by atoms with E-state index < -0.39 is 9.84 Å². The van der Waals surface area contributed by atoms with E-state index in [0.717, 1.165) is 30.5 Å². The van der Waals surface area contributed by atoms with Crippen LogP contribution < -0.4 is 11.1 Å². The van der Waals surface area contributed by atoms with Gasteiger partial charge in [-0.15, -0.1) is 0 Å². The molecule has 2 atom stereocenters. The van der Waals surface area contributed by atoms with Crippen LogP contribution in [0, 0.1) is 6.92 Å². The minimum absolute atomic E-state index is 0.265. The Kier molecular flexibility index (Phi) is 3.64. The van der Waals surface area contributed by atoms with E-state index in [1.165, 1.54) is 6.26 Å². The highest BCUT2D eigenvalue weighted by Gasteiger charge is 2.22. The van der Waals surface area contributed by atoms with Crippen LogP contribution >= 0.6 is 0 Å². The summed E-state index contributed by atoms with van der Waals surface area (Å²) in [7, 11) is -3.15. The maximum absolute atomic E-state index is 11.5. The summed E-state index contributed by atoms with van der Waals surface area (Å²) >= 11 is 0. The maximum atomic E-state index is 11.5. The van der Waals surface area contributed by atoms with Crippen molar-refractivity contribution >= 4 is 15.5 Å². The van der Waals surface area contributed by atoms with Crippen molar-refractivity contribution in [1.29, 1.82) is 0 Å². The summed E-state index contributed by atoms with van der Waals surface area (Å²) in [6, 6.07) is 5.83. The van der Waals surface area contributed by atoms with Crippen molar-refractivity contribution < 1.29 is 8.42 Å². The molecule has 5 heteroatoms. The Labute approximate surface area is 108 Å². The lowest BCUT2D eigenvalue weighted by molar-refractivity contribution is 0.602. The number of hydrogen-bond acceptors (Lipinski definition) is 4. The number of nitrogens with two attached hydrogens (primary N) is 1. The molecule has 0 radical (unpaired) electrons. The predicted octanol–water partition coefficient (Wildman–Crippen LogP) is 1.69. The Balaban J connectivity index is 2.22. The maximum Gasteiger partial charge on any atom is 0.175 e. The van der Waals surface area contributed by atoms with Crippen LogP contribution in [0.1, 0.15) is 24.8 Å². The summed E-state index contributed by atoms with van der Waals surface area (Å²) in [5.41, 5.74) is 7.84. The van der Waals surface area contributed by atoms with E-state index >= 15 is 0 Å². The summed E-state index contributed by atoms with van der Waals surface area (Å²) in [4.78, 5) is 0.359. The molecule has 2 rings (SSSR count). The van der Waals surface area contributed by atoms with Crippen molar-refractivity contribution in [3.8, 4) is 0 Å². The molecule has 1 saturated carbocycles. The Morgan fingerprint density at radius 1 is 1.33 bits per heavy atom. The second-order valence-corrected chi connectivity index (χ2v) is 7.18. The third-order valence-corrected chi connectivity index (χ3v) is 4.58. The molecule has 0 spiro atoms. The number of benzene rings is 1. The molecule has 2 unspecified atom stereocenters. The lowest BCUT2D eigenvalue weighted by Gasteiger charge is -2.16. The molecule has 1 fully saturated rings. The zero-order valence-corrected chi connectivity index (χ0v) is 11.6. The Hall–Kier alpha value is -1.07. The number of anilines is 1. The fraction of sp³-hybridized carbons (Fsp3) is 0.538. The van der Waals surface area contributed by atoms with Crippen molar-refractivity contribution in [1.82, 2.24) is 0 Å². The van der Waals surface area contributed by atoms with E-state index in [-0.39, 0.29) is 6.04 Å². The quantitative estimate of drug-likeness (QED) is 0.875. The highest BCUT2D eigenvalue weighted by Crippen LogP contribution is 2.25. The van der Waals surface area contributed by atoms with Crippen LogP contribution in [0.15, 0.2) is 23.1 Å². The van der Waals surface area contributed by atoms with Gasteiger partial charge in [0.25, 0.3) is 0 Å². The lowest BCUT2D eigenvalue weighted by Crippen LogP contribution is -2.21. The van der Waals surface area contributed by atoms with Gasteiger partial charge in [-0.05, 0) is 43.9 Å². The molecule has 4 nitrogen and oxygen atoms in total. The first-order chi connectivity index (χ1) is 8.36. The molecule has 1 aliphatic carbocycles. The molecule has 0 aliphatic heterocycles. The number of aryl methyl sites for hydroxylation is 1. The lowest BCUT2D eigenvalue weighted by atomic mass is 10.1. The van der Waals surface area contributed by atoms with E-state index in [0.29, 0.717) is 10.9 Å². The molecule has 1 aromatic carbocycles. The topological polar surface area (TPSA) is 72.2 Å². The number of sulfone groups is 1. The van der Waals surface area contributed by atoms with Gasteiger partial charge in [-0.3, -0.25) is 0 Å². The van der Waals surface area contributed by atoms with E-state index in [1.807, 2.05) is 13.0 Å². The van der Waals surface area contributed by atoms with Gasteiger partial charge in [-0.1, -0.05) is 6.07 Å². The molecule has 1 aliphatic rings. The van der Waals surface area contributed by atoms with Crippen LogP contribution in [0.2, 0.25) is 0 Å². The van der Waals surface area contributed by atoms with E-state index in [4.69, 9.17) is 5.73 Å². The van der Waals surface area contributed by atoms with Gasteiger partial charge in [-0.25, -0.2) is 8.42 Å². The second kappa shape index (κ2) is 4.90. The van der Waals surface area contributed by atoms with Gasteiger partial charge in [-0.2, -0.15) is 0 Å². The Bertz CT molecular complexity index is 540. The highest BCUT2D eigenvalue weighted by molar-refractivity contribution is 7.90. The van der Waals surface area contributed by atoms with Crippen molar-refractivity contribution in [2.45, 2.75) is 43.2 Å². The molecule has 100 valence electrons. The second-order valence-electron chi connectivity index (χ2n) is 5.16. The van der Waals surface area contributed by atoms with Crippen LogP contribution in [-0.4, -0.2) is 26.8 Å². The zero-order valence-electron chi connectivity index (χ0n) is 10.8. The van der Waals surface area contributed by atoms with Crippen LogP contribution in [0.3, 0.4) is 0 Å². The summed E-state index contributed by atoms with van der Waals surface area (Å²) in [5.74, 6) is 0. The molecule has 3 N–H and O–H groups in total. The molecule has 0 saturated heterocycles. The number of hydrogen-bond donors (Lipinski definition) is 2.